The van der Waals surface area contributed by atoms with Gasteiger partial charge in [0.2, 0.25) is 11.6 Å². The van der Waals surface area contributed by atoms with Gasteiger partial charge in [0.05, 0.1) is 6.61 Å². The summed E-state index contributed by atoms with van der Waals surface area (Å²) < 4.78 is 0. The smallest absolute Gasteiger partial charge is 0.234 e. The van der Waals surface area contributed by atoms with E-state index in [2.05, 4.69) is 0 Å². The first-order chi connectivity index (χ1) is 9.40. The van der Waals surface area contributed by atoms with Crippen LogP contribution in [0.15, 0.2) is 30.3 Å². The maximum atomic E-state index is 11.7. The van der Waals surface area contributed by atoms with Crippen molar-refractivity contribution in [2.24, 2.45) is 0 Å². The molecule has 8 heteroatoms. The van der Waals surface area contributed by atoms with E-state index in [0.29, 0.717) is 0 Å². The standard InChI is InChI=1S/C13H16O7.BrH/c14-6-8(15)10(17)12(19)13(20)11(18)9(16)7-4-2-1-3-5-7;/h1-5,8,10,12-15,17,19-20H,6H2;1H/t8-,10-,12+,13+;/m1./s1. The van der Waals surface area contributed by atoms with Crippen LogP contribution in [0, 0.1) is 0 Å². The third kappa shape index (κ3) is 4.95. The van der Waals surface area contributed by atoms with Crippen LogP contribution in [0.25, 0.3) is 0 Å². The molecule has 5 N–H and O–H groups in total. The largest absolute Gasteiger partial charge is 0.394 e. The van der Waals surface area contributed by atoms with Crippen molar-refractivity contribution in [2.45, 2.75) is 24.4 Å². The molecule has 0 heterocycles. The maximum absolute atomic E-state index is 11.7. The number of carbonyl (C=O) groups excluding carboxylic acids is 2. The van der Waals surface area contributed by atoms with Crippen molar-refractivity contribution < 1.29 is 35.1 Å². The third-order valence-corrected chi connectivity index (χ3v) is 2.78. The Labute approximate surface area is 131 Å². The summed E-state index contributed by atoms with van der Waals surface area (Å²) in [4.78, 5) is 23.4. The van der Waals surface area contributed by atoms with Crippen molar-refractivity contribution in [3.63, 3.8) is 0 Å². The van der Waals surface area contributed by atoms with E-state index >= 15 is 0 Å². The predicted octanol–water partition coefficient (Wildman–Crippen LogP) is -1.55. The SMILES string of the molecule is Br.O=C(C(=O)[C@H](O)[C@@H](O)[C@H](O)[C@H](O)CO)c1ccccc1. The minimum atomic E-state index is -2.20. The first kappa shape index (κ1) is 19.8. The summed E-state index contributed by atoms with van der Waals surface area (Å²) in [5.41, 5.74) is 0.0287. The zero-order valence-electron chi connectivity index (χ0n) is 10.9. The molecule has 1 aromatic rings. The van der Waals surface area contributed by atoms with Crippen LogP contribution in [-0.4, -0.2) is 68.1 Å². The molecule has 0 fully saturated rings. The van der Waals surface area contributed by atoms with E-state index in [9.17, 15) is 24.9 Å². The molecule has 0 saturated heterocycles. The minimum Gasteiger partial charge on any atom is -0.394 e. The number of halogens is 1. The molecule has 0 aliphatic heterocycles. The average molecular weight is 365 g/mol. The average Bonchev–Trinajstić information content (AvgIpc) is 2.51. The maximum Gasteiger partial charge on any atom is 0.234 e. The number of aliphatic hydroxyl groups excluding tert-OH is 5. The molecular weight excluding hydrogens is 348 g/mol. The second-order valence-corrected chi connectivity index (χ2v) is 4.24. The van der Waals surface area contributed by atoms with Crippen molar-refractivity contribution in [3.05, 3.63) is 35.9 Å². The molecule has 0 bridgehead atoms. The minimum absolute atomic E-state index is 0. The molecule has 0 saturated carbocycles. The van der Waals surface area contributed by atoms with Crippen LogP contribution in [0.4, 0.5) is 0 Å². The molecule has 0 amide bonds. The van der Waals surface area contributed by atoms with E-state index < -0.39 is 42.6 Å². The lowest BCUT2D eigenvalue weighted by molar-refractivity contribution is -0.142. The number of ketones is 2. The van der Waals surface area contributed by atoms with Gasteiger partial charge >= 0.3 is 0 Å². The number of benzene rings is 1. The van der Waals surface area contributed by atoms with Gasteiger partial charge in [-0.05, 0) is 0 Å². The van der Waals surface area contributed by atoms with Crippen molar-refractivity contribution in [3.8, 4) is 0 Å². The van der Waals surface area contributed by atoms with Gasteiger partial charge in [0.1, 0.15) is 24.4 Å². The van der Waals surface area contributed by atoms with Gasteiger partial charge in [-0.15, -0.1) is 17.0 Å². The summed E-state index contributed by atoms with van der Waals surface area (Å²) in [7, 11) is 0. The zero-order valence-corrected chi connectivity index (χ0v) is 12.6. The lowest BCUT2D eigenvalue weighted by Crippen LogP contribution is -2.50. The van der Waals surface area contributed by atoms with E-state index in [0.717, 1.165) is 0 Å². The van der Waals surface area contributed by atoms with Gasteiger partial charge in [0.25, 0.3) is 0 Å². The van der Waals surface area contributed by atoms with Crippen LogP contribution in [0.2, 0.25) is 0 Å². The highest BCUT2D eigenvalue weighted by Crippen LogP contribution is 2.09. The number of Topliss-reactive ketones (excluding diaryl/α,β-unsaturated/α-hetero) is 2. The fourth-order valence-corrected chi connectivity index (χ4v) is 1.54. The molecule has 0 aromatic heterocycles. The molecule has 7 nitrogen and oxygen atoms in total. The van der Waals surface area contributed by atoms with Crippen LogP contribution in [-0.2, 0) is 4.79 Å². The van der Waals surface area contributed by atoms with E-state index in [1.165, 1.54) is 24.3 Å². The monoisotopic (exact) mass is 364 g/mol. The predicted molar refractivity (Wildman–Crippen MR) is 77.2 cm³/mol. The zero-order chi connectivity index (χ0) is 15.3. The summed E-state index contributed by atoms with van der Waals surface area (Å²) in [5.74, 6) is -2.34. The van der Waals surface area contributed by atoms with Crippen molar-refractivity contribution in [2.75, 3.05) is 6.61 Å². The molecule has 21 heavy (non-hydrogen) atoms. The fraction of sp³-hybridized carbons (Fsp3) is 0.385. The summed E-state index contributed by atoms with van der Waals surface area (Å²) in [6.07, 6.45) is -7.97. The lowest BCUT2D eigenvalue weighted by atomic mass is 9.96. The molecule has 0 spiro atoms. The summed E-state index contributed by atoms with van der Waals surface area (Å²) in [6, 6.07) is 7.39. The highest BCUT2D eigenvalue weighted by Gasteiger charge is 2.36. The van der Waals surface area contributed by atoms with Crippen molar-refractivity contribution in [1.29, 1.82) is 0 Å². The number of carbonyl (C=O) groups is 2. The molecule has 4 atom stereocenters. The van der Waals surface area contributed by atoms with Gasteiger partial charge in [-0.1, -0.05) is 30.3 Å². The van der Waals surface area contributed by atoms with Gasteiger partial charge < -0.3 is 25.5 Å². The van der Waals surface area contributed by atoms with Crippen molar-refractivity contribution >= 4 is 28.5 Å². The number of hydrogen-bond donors (Lipinski definition) is 5. The Kier molecular flexibility index (Phi) is 8.48. The molecule has 0 aliphatic carbocycles. The van der Waals surface area contributed by atoms with Crippen LogP contribution < -0.4 is 0 Å². The second kappa shape index (κ2) is 8.98. The molecule has 1 rings (SSSR count). The van der Waals surface area contributed by atoms with Crippen LogP contribution >= 0.6 is 17.0 Å². The number of rotatable bonds is 7. The summed E-state index contributed by atoms with van der Waals surface area (Å²) in [6.45, 7) is -0.869. The Hall–Kier alpha value is -1.16. The first-order valence-electron chi connectivity index (χ1n) is 5.86. The van der Waals surface area contributed by atoms with E-state index in [1.807, 2.05) is 0 Å². The van der Waals surface area contributed by atoms with Gasteiger partial charge in [0, 0.05) is 5.56 Å². The van der Waals surface area contributed by atoms with Crippen LogP contribution in [0.5, 0.6) is 0 Å². The quantitative estimate of drug-likeness (QED) is 0.292. The molecule has 0 radical (unpaired) electrons. The Morgan fingerprint density at radius 3 is 1.95 bits per heavy atom. The van der Waals surface area contributed by atoms with Gasteiger partial charge in [0.15, 0.2) is 0 Å². The lowest BCUT2D eigenvalue weighted by Gasteiger charge is -2.24. The van der Waals surface area contributed by atoms with Gasteiger partial charge in [-0.3, -0.25) is 9.59 Å². The Morgan fingerprint density at radius 1 is 0.952 bits per heavy atom. The third-order valence-electron chi connectivity index (χ3n) is 2.78. The normalized spacial score (nSPS) is 16.2. The second-order valence-electron chi connectivity index (χ2n) is 4.24. The highest BCUT2D eigenvalue weighted by molar-refractivity contribution is 8.93. The van der Waals surface area contributed by atoms with Crippen LogP contribution in [0.3, 0.4) is 0 Å². The fourth-order valence-electron chi connectivity index (χ4n) is 1.54. The van der Waals surface area contributed by atoms with Crippen LogP contribution in [0.1, 0.15) is 10.4 Å². The van der Waals surface area contributed by atoms with Gasteiger partial charge in [-0.2, -0.15) is 0 Å². The Morgan fingerprint density at radius 2 is 1.48 bits per heavy atom. The molecule has 118 valence electrons. The van der Waals surface area contributed by atoms with E-state index in [1.54, 1.807) is 6.07 Å². The molecule has 1 aromatic carbocycles. The Bertz CT molecular complexity index is 465. The van der Waals surface area contributed by atoms with E-state index in [4.69, 9.17) is 10.2 Å². The molecular formula is C13H17BrO7. The van der Waals surface area contributed by atoms with Crippen molar-refractivity contribution in [1.82, 2.24) is 0 Å². The van der Waals surface area contributed by atoms with Gasteiger partial charge in [-0.25, -0.2) is 0 Å². The topological polar surface area (TPSA) is 135 Å². The number of aliphatic hydroxyl groups is 5. The summed E-state index contributed by atoms with van der Waals surface area (Å²) >= 11 is 0. The molecule has 0 unspecified atom stereocenters. The number of hydrogen-bond acceptors (Lipinski definition) is 7. The first-order valence-corrected chi connectivity index (χ1v) is 5.86. The highest BCUT2D eigenvalue weighted by atomic mass is 79.9. The Balaban J connectivity index is 0.00000400. The van der Waals surface area contributed by atoms with E-state index in [-0.39, 0.29) is 22.5 Å². The molecule has 0 aliphatic rings. The summed E-state index contributed by atoms with van der Waals surface area (Å²) in [5, 5.41) is 46.2.